The maximum atomic E-state index is 12.7. The van der Waals surface area contributed by atoms with Crippen LogP contribution in [0.15, 0.2) is 60.7 Å². The summed E-state index contributed by atoms with van der Waals surface area (Å²) < 4.78 is 10.5. The smallest absolute Gasteiger partial charge is 0.254 e. The molecule has 0 aliphatic carbocycles. The van der Waals surface area contributed by atoms with Crippen molar-refractivity contribution < 1.29 is 14.3 Å². The second-order valence-corrected chi connectivity index (χ2v) is 5.91. The van der Waals surface area contributed by atoms with Crippen LogP contribution in [0.1, 0.15) is 15.9 Å². The Morgan fingerprint density at radius 1 is 0.880 bits per heavy atom. The van der Waals surface area contributed by atoms with E-state index in [1.807, 2.05) is 12.1 Å². The Hall–Kier alpha value is -3.01. The van der Waals surface area contributed by atoms with Gasteiger partial charge in [0.2, 0.25) is 0 Å². The number of carbonyl (C=O) groups excluding carboxylic acids is 1. The van der Waals surface area contributed by atoms with Crippen molar-refractivity contribution in [2.24, 2.45) is 0 Å². The first-order valence-electron chi connectivity index (χ1n) is 8.07. The summed E-state index contributed by atoms with van der Waals surface area (Å²) in [5.74, 6) is 1.10. The van der Waals surface area contributed by atoms with Gasteiger partial charge in [0.15, 0.2) is 11.5 Å². The highest BCUT2D eigenvalue weighted by atomic mass is 16.5. The van der Waals surface area contributed by atoms with Crippen LogP contribution >= 0.6 is 0 Å². The highest BCUT2D eigenvalue weighted by Gasteiger charge is 2.15. The molecule has 4 heteroatoms. The van der Waals surface area contributed by atoms with Crippen molar-refractivity contribution in [2.45, 2.75) is 6.54 Å². The van der Waals surface area contributed by atoms with E-state index in [9.17, 15) is 4.79 Å². The largest absolute Gasteiger partial charge is 0.493 e. The summed E-state index contributed by atoms with van der Waals surface area (Å²) in [5, 5.41) is 2.37. The molecule has 0 spiro atoms. The lowest BCUT2D eigenvalue weighted by atomic mass is 10.1. The molecule has 25 heavy (non-hydrogen) atoms. The number of fused-ring (bicyclic) bond motifs is 1. The van der Waals surface area contributed by atoms with Crippen molar-refractivity contribution in [3.05, 3.63) is 71.8 Å². The molecule has 3 rings (SSSR count). The number of hydrogen-bond acceptors (Lipinski definition) is 3. The number of hydrogen-bond donors (Lipinski definition) is 0. The first-order valence-corrected chi connectivity index (χ1v) is 8.07. The Kier molecular flexibility index (Phi) is 4.89. The standard InChI is InChI=1S/C21H21NO3/c1-22(14-15-8-9-16-6-4-5-7-17(16)12-15)21(23)18-10-11-19(24-2)20(13-18)25-3/h4-13H,14H2,1-3H3. The predicted octanol–water partition coefficient (Wildman–Crippen LogP) is 4.13. The molecule has 0 atom stereocenters. The zero-order valence-corrected chi connectivity index (χ0v) is 14.7. The van der Waals surface area contributed by atoms with Crippen molar-refractivity contribution in [3.63, 3.8) is 0 Å². The minimum atomic E-state index is -0.0610. The van der Waals surface area contributed by atoms with Crippen molar-refractivity contribution in [3.8, 4) is 11.5 Å². The van der Waals surface area contributed by atoms with Gasteiger partial charge in [0.1, 0.15) is 0 Å². The van der Waals surface area contributed by atoms with Crippen LogP contribution in [0.5, 0.6) is 11.5 Å². The molecule has 0 aliphatic heterocycles. The Labute approximate surface area is 147 Å². The molecule has 128 valence electrons. The van der Waals surface area contributed by atoms with Crippen LogP contribution in [0, 0.1) is 0 Å². The molecule has 0 unspecified atom stereocenters. The fraction of sp³-hybridized carbons (Fsp3) is 0.190. The number of ether oxygens (including phenoxy) is 2. The Morgan fingerprint density at radius 3 is 2.32 bits per heavy atom. The summed E-state index contributed by atoms with van der Waals surface area (Å²) in [7, 11) is 4.93. The Morgan fingerprint density at radius 2 is 1.60 bits per heavy atom. The van der Waals surface area contributed by atoms with E-state index in [0.29, 0.717) is 23.6 Å². The molecule has 0 saturated heterocycles. The molecule has 3 aromatic rings. The molecule has 0 radical (unpaired) electrons. The number of nitrogens with zero attached hydrogens (tertiary/aromatic N) is 1. The summed E-state index contributed by atoms with van der Waals surface area (Å²) >= 11 is 0. The van der Waals surface area contributed by atoms with Crippen LogP contribution in [0.2, 0.25) is 0 Å². The van der Waals surface area contributed by atoms with Crippen LogP contribution in [-0.2, 0) is 6.54 Å². The monoisotopic (exact) mass is 335 g/mol. The van der Waals surface area contributed by atoms with E-state index < -0.39 is 0 Å². The molecule has 0 N–H and O–H groups in total. The Bertz CT molecular complexity index is 905. The molecule has 0 fully saturated rings. The molecular weight excluding hydrogens is 314 g/mol. The van der Waals surface area contributed by atoms with Crippen LogP contribution < -0.4 is 9.47 Å². The molecule has 1 amide bonds. The van der Waals surface area contributed by atoms with Gasteiger partial charge in [0.05, 0.1) is 14.2 Å². The van der Waals surface area contributed by atoms with Gasteiger partial charge in [-0.1, -0.05) is 36.4 Å². The van der Waals surface area contributed by atoms with E-state index >= 15 is 0 Å². The summed E-state index contributed by atoms with van der Waals surface area (Å²) in [5.41, 5.74) is 1.66. The molecule has 0 aliphatic rings. The van der Waals surface area contributed by atoms with Gasteiger partial charge in [-0.15, -0.1) is 0 Å². The molecule has 4 nitrogen and oxygen atoms in total. The zero-order valence-electron chi connectivity index (χ0n) is 14.7. The number of carbonyl (C=O) groups is 1. The van der Waals surface area contributed by atoms with Crippen LogP contribution in [0.4, 0.5) is 0 Å². The van der Waals surface area contributed by atoms with Gasteiger partial charge in [-0.05, 0) is 40.6 Å². The van der Waals surface area contributed by atoms with Gasteiger partial charge < -0.3 is 14.4 Å². The number of methoxy groups -OCH3 is 2. The minimum Gasteiger partial charge on any atom is -0.493 e. The first kappa shape index (κ1) is 16.8. The topological polar surface area (TPSA) is 38.8 Å². The SMILES string of the molecule is COc1ccc(C(=O)N(C)Cc2ccc3ccccc3c2)cc1OC. The number of rotatable bonds is 5. The average Bonchev–Trinajstić information content (AvgIpc) is 2.66. The van der Waals surface area contributed by atoms with Gasteiger partial charge in [0, 0.05) is 19.2 Å². The summed E-state index contributed by atoms with van der Waals surface area (Å²) in [6.07, 6.45) is 0. The van der Waals surface area contributed by atoms with Crippen LogP contribution in [0.3, 0.4) is 0 Å². The summed E-state index contributed by atoms with van der Waals surface area (Å²) in [4.78, 5) is 14.4. The number of benzene rings is 3. The molecule has 0 bridgehead atoms. The van der Waals surface area contributed by atoms with Crippen molar-refractivity contribution in [2.75, 3.05) is 21.3 Å². The van der Waals surface area contributed by atoms with Gasteiger partial charge in [0.25, 0.3) is 5.91 Å². The van der Waals surface area contributed by atoms with E-state index in [4.69, 9.17) is 9.47 Å². The first-order chi connectivity index (χ1) is 12.1. The third-order valence-electron chi connectivity index (χ3n) is 4.21. The highest BCUT2D eigenvalue weighted by Crippen LogP contribution is 2.28. The van der Waals surface area contributed by atoms with E-state index in [2.05, 4.69) is 30.3 Å². The van der Waals surface area contributed by atoms with Gasteiger partial charge in [-0.2, -0.15) is 0 Å². The molecule has 0 aromatic heterocycles. The summed E-state index contributed by atoms with van der Waals surface area (Å²) in [6, 6.07) is 19.7. The van der Waals surface area contributed by atoms with Crippen molar-refractivity contribution >= 4 is 16.7 Å². The normalized spacial score (nSPS) is 10.5. The average molecular weight is 335 g/mol. The molecule has 0 saturated carbocycles. The van der Waals surface area contributed by atoms with Crippen LogP contribution in [0.25, 0.3) is 10.8 Å². The van der Waals surface area contributed by atoms with Crippen LogP contribution in [-0.4, -0.2) is 32.1 Å². The second-order valence-electron chi connectivity index (χ2n) is 5.91. The maximum Gasteiger partial charge on any atom is 0.254 e. The lowest BCUT2D eigenvalue weighted by molar-refractivity contribution is 0.0784. The lowest BCUT2D eigenvalue weighted by Crippen LogP contribution is -2.26. The fourth-order valence-corrected chi connectivity index (χ4v) is 2.87. The third-order valence-corrected chi connectivity index (χ3v) is 4.21. The van der Waals surface area contributed by atoms with Gasteiger partial charge in [-0.25, -0.2) is 0 Å². The van der Waals surface area contributed by atoms with E-state index in [0.717, 1.165) is 5.56 Å². The fourth-order valence-electron chi connectivity index (χ4n) is 2.87. The quantitative estimate of drug-likeness (QED) is 0.704. The molecule has 3 aromatic carbocycles. The molecular formula is C21H21NO3. The second kappa shape index (κ2) is 7.26. The molecule has 0 heterocycles. The maximum absolute atomic E-state index is 12.7. The minimum absolute atomic E-state index is 0.0610. The lowest BCUT2D eigenvalue weighted by Gasteiger charge is -2.18. The van der Waals surface area contributed by atoms with E-state index in [1.165, 1.54) is 10.8 Å². The number of amides is 1. The van der Waals surface area contributed by atoms with E-state index in [-0.39, 0.29) is 5.91 Å². The van der Waals surface area contributed by atoms with Gasteiger partial charge >= 0.3 is 0 Å². The summed E-state index contributed by atoms with van der Waals surface area (Å²) in [6.45, 7) is 0.540. The highest BCUT2D eigenvalue weighted by molar-refractivity contribution is 5.94. The van der Waals surface area contributed by atoms with Crippen molar-refractivity contribution in [1.29, 1.82) is 0 Å². The third kappa shape index (κ3) is 3.58. The van der Waals surface area contributed by atoms with E-state index in [1.54, 1.807) is 44.4 Å². The van der Waals surface area contributed by atoms with Gasteiger partial charge in [-0.3, -0.25) is 4.79 Å². The zero-order chi connectivity index (χ0) is 17.8. The Balaban J connectivity index is 1.79. The van der Waals surface area contributed by atoms with Crippen molar-refractivity contribution in [1.82, 2.24) is 4.90 Å². The predicted molar refractivity (Wildman–Crippen MR) is 99.3 cm³/mol.